The number of carbonyl (C=O) groups is 3. The molecule has 0 aromatic heterocycles. The first-order valence-corrected chi connectivity index (χ1v) is 11.7. The number of nitrogens with one attached hydrogen (secondary N) is 2. The minimum absolute atomic E-state index is 0.0735. The molecule has 0 radical (unpaired) electrons. The highest BCUT2D eigenvalue weighted by Crippen LogP contribution is 2.44. The number of alkyl carbamates (subject to hydrolysis) is 1. The molecule has 0 spiro atoms. The first-order chi connectivity index (χ1) is 16.1. The molecule has 0 heterocycles. The normalized spacial score (nSPS) is 13.7. The second-order valence-corrected chi connectivity index (χ2v) is 9.94. The summed E-state index contributed by atoms with van der Waals surface area (Å²) in [7, 11) is 0. The quantitative estimate of drug-likeness (QED) is 0.471. The molecule has 7 nitrogen and oxygen atoms in total. The minimum Gasteiger partial charge on any atom is -0.481 e. The summed E-state index contributed by atoms with van der Waals surface area (Å²) in [4.78, 5) is 36.7. The van der Waals surface area contributed by atoms with E-state index in [0.717, 1.165) is 28.7 Å². The van der Waals surface area contributed by atoms with E-state index in [4.69, 9.17) is 9.84 Å². The van der Waals surface area contributed by atoms with Crippen LogP contribution in [0.4, 0.5) is 4.79 Å². The zero-order chi connectivity index (χ0) is 24.9. The van der Waals surface area contributed by atoms with Gasteiger partial charge in [-0.2, -0.15) is 0 Å². The van der Waals surface area contributed by atoms with E-state index in [1.165, 1.54) is 0 Å². The summed E-state index contributed by atoms with van der Waals surface area (Å²) in [6, 6.07) is 15.4. The van der Waals surface area contributed by atoms with Crippen LogP contribution in [-0.2, 0) is 14.3 Å². The molecule has 2 aromatic rings. The van der Waals surface area contributed by atoms with Crippen molar-refractivity contribution in [3.63, 3.8) is 0 Å². The van der Waals surface area contributed by atoms with E-state index in [-0.39, 0.29) is 18.9 Å². The van der Waals surface area contributed by atoms with E-state index in [1.807, 2.05) is 50.2 Å². The zero-order valence-corrected chi connectivity index (χ0v) is 20.3. The molecule has 0 fully saturated rings. The molecule has 3 rings (SSSR count). The van der Waals surface area contributed by atoms with Gasteiger partial charge in [-0.05, 0) is 54.9 Å². The number of ether oxygens (including phenoxy) is 1. The zero-order valence-electron chi connectivity index (χ0n) is 20.3. The summed E-state index contributed by atoms with van der Waals surface area (Å²) in [6.07, 6.45) is 0.264. The number of carboxylic acid groups (broad SMARTS) is 1. The van der Waals surface area contributed by atoms with Crippen LogP contribution in [0.15, 0.2) is 48.5 Å². The van der Waals surface area contributed by atoms with Crippen molar-refractivity contribution >= 4 is 18.0 Å². The number of aliphatic carboxylic acids is 1. The number of carboxylic acids is 1. The van der Waals surface area contributed by atoms with Crippen molar-refractivity contribution < 1.29 is 24.2 Å². The van der Waals surface area contributed by atoms with Crippen LogP contribution in [0.2, 0.25) is 0 Å². The maximum absolute atomic E-state index is 12.9. The summed E-state index contributed by atoms with van der Waals surface area (Å²) in [5.74, 6) is -1.16. The molecule has 3 N–H and O–H groups in total. The van der Waals surface area contributed by atoms with Crippen LogP contribution in [0, 0.1) is 5.92 Å². The van der Waals surface area contributed by atoms with Crippen LogP contribution in [0.25, 0.3) is 11.1 Å². The van der Waals surface area contributed by atoms with Crippen molar-refractivity contribution in [2.75, 3.05) is 6.61 Å². The standard InChI is InChI=1S/C27H34N2O5/c1-17(2)13-14-23(25(32)29-27(3,4)15-24(30)31)28-26(33)34-16-22-20-11-7-5-9-18(20)19-10-6-8-12-21(19)22/h5-12,17,22-23H,13-16H2,1-4H3,(H,28,33)(H,29,32)(H,30,31). The monoisotopic (exact) mass is 466 g/mol. The Bertz CT molecular complexity index is 1000. The lowest BCUT2D eigenvalue weighted by molar-refractivity contribution is -0.138. The van der Waals surface area contributed by atoms with Crippen molar-refractivity contribution in [1.29, 1.82) is 0 Å². The molecule has 182 valence electrons. The fourth-order valence-electron chi connectivity index (χ4n) is 4.39. The lowest BCUT2D eigenvalue weighted by Crippen LogP contribution is -2.54. The predicted molar refractivity (Wildman–Crippen MR) is 131 cm³/mol. The van der Waals surface area contributed by atoms with Crippen molar-refractivity contribution in [3.8, 4) is 11.1 Å². The molecule has 1 aliphatic rings. The molecule has 0 aliphatic heterocycles. The summed E-state index contributed by atoms with van der Waals surface area (Å²) in [5.41, 5.74) is 3.56. The number of hydrogen-bond acceptors (Lipinski definition) is 4. The van der Waals surface area contributed by atoms with Gasteiger partial charge in [-0.3, -0.25) is 9.59 Å². The lowest BCUT2D eigenvalue weighted by Gasteiger charge is -2.28. The summed E-state index contributed by atoms with van der Waals surface area (Å²) in [6.45, 7) is 7.52. The predicted octanol–water partition coefficient (Wildman–Crippen LogP) is 4.70. The highest BCUT2D eigenvalue weighted by atomic mass is 16.5. The Labute approximate surface area is 200 Å². The number of rotatable bonds is 10. The van der Waals surface area contributed by atoms with Gasteiger partial charge in [0.05, 0.1) is 6.42 Å². The summed E-state index contributed by atoms with van der Waals surface area (Å²) < 4.78 is 5.60. The largest absolute Gasteiger partial charge is 0.481 e. The van der Waals surface area contributed by atoms with Gasteiger partial charge in [0.15, 0.2) is 0 Å². The van der Waals surface area contributed by atoms with Crippen molar-refractivity contribution in [3.05, 3.63) is 59.7 Å². The maximum atomic E-state index is 12.9. The van der Waals surface area contributed by atoms with Gasteiger partial charge in [0.2, 0.25) is 5.91 Å². The van der Waals surface area contributed by atoms with Gasteiger partial charge >= 0.3 is 12.1 Å². The molecule has 1 unspecified atom stereocenters. The number of fused-ring (bicyclic) bond motifs is 3. The van der Waals surface area contributed by atoms with Crippen LogP contribution in [0.3, 0.4) is 0 Å². The first kappa shape index (κ1) is 25.3. The van der Waals surface area contributed by atoms with E-state index in [0.29, 0.717) is 12.3 Å². The average molecular weight is 467 g/mol. The Morgan fingerprint density at radius 3 is 2.06 bits per heavy atom. The molecule has 0 saturated carbocycles. The van der Waals surface area contributed by atoms with E-state index >= 15 is 0 Å². The highest BCUT2D eigenvalue weighted by Gasteiger charge is 2.31. The number of hydrogen-bond donors (Lipinski definition) is 3. The second kappa shape index (κ2) is 10.7. The molecule has 1 atom stereocenters. The smallest absolute Gasteiger partial charge is 0.407 e. The average Bonchev–Trinajstić information content (AvgIpc) is 3.07. The van der Waals surface area contributed by atoms with Gasteiger partial charge in [0.25, 0.3) is 0 Å². The van der Waals surface area contributed by atoms with E-state index in [1.54, 1.807) is 13.8 Å². The Morgan fingerprint density at radius 1 is 0.971 bits per heavy atom. The lowest BCUT2D eigenvalue weighted by atomic mass is 9.98. The molecule has 7 heteroatoms. The second-order valence-electron chi connectivity index (χ2n) is 9.94. The maximum Gasteiger partial charge on any atom is 0.407 e. The summed E-state index contributed by atoms with van der Waals surface area (Å²) >= 11 is 0. The van der Waals surface area contributed by atoms with Gasteiger partial charge in [0, 0.05) is 11.5 Å². The van der Waals surface area contributed by atoms with E-state index in [2.05, 4.69) is 22.8 Å². The van der Waals surface area contributed by atoms with Gasteiger partial charge in [-0.25, -0.2) is 4.79 Å². The SMILES string of the molecule is CC(C)CCC(NC(=O)OCC1c2ccccc2-c2ccccc21)C(=O)NC(C)(C)CC(=O)O. The third kappa shape index (κ3) is 6.37. The van der Waals surface area contributed by atoms with Crippen LogP contribution in [-0.4, -0.2) is 41.3 Å². The molecule has 2 aromatic carbocycles. The Kier molecular flexibility index (Phi) is 7.97. The topological polar surface area (TPSA) is 105 Å². The molecule has 1 aliphatic carbocycles. The molecule has 34 heavy (non-hydrogen) atoms. The highest BCUT2D eigenvalue weighted by molar-refractivity contribution is 5.86. The number of amides is 2. The third-order valence-corrected chi connectivity index (χ3v) is 6.04. The molecule has 0 saturated heterocycles. The van der Waals surface area contributed by atoms with Crippen molar-refractivity contribution in [2.24, 2.45) is 5.92 Å². The number of benzene rings is 2. The van der Waals surface area contributed by atoms with Gasteiger partial charge in [-0.15, -0.1) is 0 Å². The Morgan fingerprint density at radius 2 is 1.53 bits per heavy atom. The van der Waals surface area contributed by atoms with E-state index in [9.17, 15) is 14.4 Å². The summed E-state index contributed by atoms with van der Waals surface area (Å²) in [5, 5.41) is 14.5. The van der Waals surface area contributed by atoms with Crippen LogP contribution >= 0.6 is 0 Å². The Balaban J connectivity index is 1.66. The molecular weight excluding hydrogens is 432 g/mol. The van der Waals surface area contributed by atoms with Crippen LogP contribution < -0.4 is 10.6 Å². The van der Waals surface area contributed by atoms with Crippen LogP contribution in [0.5, 0.6) is 0 Å². The van der Waals surface area contributed by atoms with Crippen LogP contribution in [0.1, 0.15) is 64.0 Å². The molecular formula is C27H34N2O5. The first-order valence-electron chi connectivity index (χ1n) is 11.7. The van der Waals surface area contributed by atoms with Gasteiger partial charge in [0.1, 0.15) is 12.6 Å². The minimum atomic E-state index is -1.01. The number of carbonyl (C=O) groups excluding carboxylic acids is 2. The van der Waals surface area contributed by atoms with Crippen molar-refractivity contribution in [1.82, 2.24) is 10.6 Å². The van der Waals surface area contributed by atoms with Gasteiger partial charge in [-0.1, -0.05) is 62.4 Å². The van der Waals surface area contributed by atoms with E-state index < -0.39 is 29.6 Å². The fraction of sp³-hybridized carbons (Fsp3) is 0.444. The third-order valence-electron chi connectivity index (χ3n) is 6.04. The van der Waals surface area contributed by atoms with Gasteiger partial charge < -0.3 is 20.5 Å². The Hall–Kier alpha value is -3.35. The van der Waals surface area contributed by atoms with Crippen molar-refractivity contribution in [2.45, 2.75) is 64.5 Å². The molecule has 0 bridgehead atoms. The fourth-order valence-corrected chi connectivity index (χ4v) is 4.39. The molecule has 2 amide bonds.